The van der Waals surface area contributed by atoms with E-state index in [0.717, 1.165) is 6.54 Å². The highest BCUT2D eigenvalue weighted by Crippen LogP contribution is 2.24. The summed E-state index contributed by atoms with van der Waals surface area (Å²) in [4.78, 5) is 2.28. The highest BCUT2D eigenvalue weighted by atomic mass is 16.3. The van der Waals surface area contributed by atoms with Gasteiger partial charge in [0, 0.05) is 12.6 Å². The van der Waals surface area contributed by atoms with E-state index >= 15 is 0 Å². The normalized spacial score (nSPS) is 13.4. The molecular formula is C17H29NO. The Labute approximate surface area is 118 Å². The first-order chi connectivity index (χ1) is 8.79. The second-order valence-corrected chi connectivity index (χ2v) is 6.15. The van der Waals surface area contributed by atoms with Crippen LogP contribution in [0, 0.1) is 33.6 Å². The first-order valence-electron chi connectivity index (χ1n) is 7.17. The molecule has 108 valence electrons. The molecule has 0 spiro atoms. The van der Waals surface area contributed by atoms with Crippen LogP contribution in [0.15, 0.2) is 6.07 Å². The average Bonchev–Trinajstić information content (AvgIpc) is 2.32. The van der Waals surface area contributed by atoms with E-state index in [-0.39, 0.29) is 12.6 Å². The van der Waals surface area contributed by atoms with E-state index in [0.29, 0.717) is 5.92 Å². The topological polar surface area (TPSA) is 23.5 Å². The molecule has 0 aliphatic heterocycles. The molecule has 0 bridgehead atoms. The van der Waals surface area contributed by atoms with Gasteiger partial charge in [0.25, 0.3) is 0 Å². The van der Waals surface area contributed by atoms with Crippen LogP contribution in [0.25, 0.3) is 0 Å². The van der Waals surface area contributed by atoms with Gasteiger partial charge in [-0.15, -0.1) is 0 Å². The molecule has 0 aromatic heterocycles. The van der Waals surface area contributed by atoms with Crippen LogP contribution in [0.2, 0.25) is 0 Å². The summed E-state index contributed by atoms with van der Waals surface area (Å²) in [6, 6.07) is 2.49. The summed E-state index contributed by atoms with van der Waals surface area (Å²) >= 11 is 0. The molecule has 1 aromatic carbocycles. The van der Waals surface area contributed by atoms with Gasteiger partial charge in [-0.2, -0.15) is 0 Å². The van der Waals surface area contributed by atoms with Crippen molar-refractivity contribution >= 4 is 0 Å². The molecule has 1 rings (SSSR count). The van der Waals surface area contributed by atoms with Crippen molar-refractivity contribution in [2.24, 2.45) is 5.92 Å². The second-order valence-electron chi connectivity index (χ2n) is 6.15. The molecule has 0 heterocycles. The minimum Gasteiger partial charge on any atom is -0.395 e. The van der Waals surface area contributed by atoms with E-state index < -0.39 is 0 Å². The Hall–Kier alpha value is -0.860. The van der Waals surface area contributed by atoms with Crippen molar-refractivity contribution in [1.29, 1.82) is 0 Å². The van der Waals surface area contributed by atoms with Crippen LogP contribution in [0.5, 0.6) is 0 Å². The molecule has 0 amide bonds. The van der Waals surface area contributed by atoms with Crippen molar-refractivity contribution in [2.45, 2.75) is 54.1 Å². The Morgan fingerprint density at radius 3 is 1.89 bits per heavy atom. The third-order valence-corrected chi connectivity index (χ3v) is 4.45. The fraction of sp³-hybridized carbons (Fsp3) is 0.647. The SMILES string of the molecule is Cc1cc(C)c(C)c(CN(C)C(CO)C(C)C)c1C. The van der Waals surface area contributed by atoms with Gasteiger partial charge in [0.2, 0.25) is 0 Å². The number of hydrogen-bond acceptors (Lipinski definition) is 2. The summed E-state index contributed by atoms with van der Waals surface area (Å²) in [7, 11) is 2.11. The number of aryl methyl sites for hydroxylation is 2. The van der Waals surface area contributed by atoms with Gasteiger partial charge in [0.05, 0.1) is 6.61 Å². The quantitative estimate of drug-likeness (QED) is 0.880. The summed E-state index contributed by atoms with van der Waals surface area (Å²) in [5, 5.41) is 9.55. The average molecular weight is 263 g/mol. The highest BCUT2D eigenvalue weighted by molar-refractivity contribution is 5.43. The third-order valence-electron chi connectivity index (χ3n) is 4.45. The fourth-order valence-electron chi connectivity index (χ4n) is 2.76. The van der Waals surface area contributed by atoms with Crippen LogP contribution < -0.4 is 0 Å². The molecule has 0 saturated carbocycles. The van der Waals surface area contributed by atoms with Crippen molar-refractivity contribution < 1.29 is 5.11 Å². The minimum absolute atomic E-state index is 0.219. The second kappa shape index (κ2) is 6.53. The van der Waals surface area contributed by atoms with Crippen LogP contribution in [-0.4, -0.2) is 29.7 Å². The number of aliphatic hydroxyl groups excluding tert-OH is 1. The molecule has 19 heavy (non-hydrogen) atoms. The van der Waals surface area contributed by atoms with Gasteiger partial charge in [-0.25, -0.2) is 0 Å². The van der Waals surface area contributed by atoms with E-state index in [1.54, 1.807) is 0 Å². The maximum Gasteiger partial charge on any atom is 0.0589 e. The first kappa shape index (κ1) is 16.2. The third kappa shape index (κ3) is 3.58. The Balaban J connectivity index is 3.05. The summed E-state index contributed by atoms with van der Waals surface area (Å²) < 4.78 is 0. The van der Waals surface area contributed by atoms with Gasteiger partial charge in [0.1, 0.15) is 0 Å². The molecule has 0 aliphatic rings. The maximum absolute atomic E-state index is 9.55. The largest absolute Gasteiger partial charge is 0.395 e. The molecule has 0 aliphatic carbocycles. The zero-order chi connectivity index (χ0) is 14.7. The van der Waals surface area contributed by atoms with Crippen molar-refractivity contribution in [1.82, 2.24) is 4.90 Å². The van der Waals surface area contributed by atoms with E-state index in [4.69, 9.17) is 0 Å². The standard InChI is InChI=1S/C17H29NO/c1-11(2)17(10-19)18(7)9-16-14(5)12(3)8-13(4)15(16)6/h8,11,17,19H,9-10H2,1-7H3. The predicted molar refractivity (Wildman–Crippen MR) is 82.6 cm³/mol. The molecule has 0 radical (unpaired) electrons. The van der Waals surface area contributed by atoms with Crippen LogP contribution in [0.1, 0.15) is 41.7 Å². The molecule has 1 aromatic rings. The van der Waals surface area contributed by atoms with Gasteiger partial charge < -0.3 is 5.11 Å². The number of nitrogens with zero attached hydrogens (tertiary/aromatic N) is 1. The Bertz CT molecular complexity index is 411. The number of likely N-dealkylation sites (N-methyl/N-ethyl adjacent to an activating group) is 1. The van der Waals surface area contributed by atoms with Gasteiger partial charge in [-0.05, 0) is 68.5 Å². The van der Waals surface area contributed by atoms with E-state index in [1.807, 2.05) is 0 Å². The zero-order valence-electron chi connectivity index (χ0n) is 13.5. The monoisotopic (exact) mass is 263 g/mol. The number of hydrogen-bond donors (Lipinski definition) is 1. The van der Waals surface area contributed by atoms with E-state index in [2.05, 4.69) is 59.6 Å². The summed E-state index contributed by atoms with van der Waals surface area (Å²) in [6.45, 7) is 14.2. The summed E-state index contributed by atoms with van der Waals surface area (Å²) in [5.41, 5.74) is 6.90. The van der Waals surface area contributed by atoms with Crippen molar-refractivity contribution in [3.8, 4) is 0 Å². The van der Waals surface area contributed by atoms with Gasteiger partial charge in [0.15, 0.2) is 0 Å². The molecule has 1 unspecified atom stereocenters. The van der Waals surface area contributed by atoms with Gasteiger partial charge in [-0.1, -0.05) is 19.9 Å². The summed E-state index contributed by atoms with van der Waals surface area (Å²) in [5.74, 6) is 0.460. The van der Waals surface area contributed by atoms with E-state index in [9.17, 15) is 5.11 Å². The Morgan fingerprint density at radius 2 is 1.53 bits per heavy atom. The first-order valence-corrected chi connectivity index (χ1v) is 7.17. The number of aliphatic hydroxyl groups is 1. The Kier molecular flexibility index (Phi) is 5.57. The Morgan fingerprint density at radius 1 is 1.05 bits per heavy atom. The number of benzene rings is 1. The van der Waals surface area contributed by atoms with Gasteiger partial charge in [-0.3, -0.25) is 4.90 Å². The zero-order valence-corrected chi connectivity index (χ0v) is 13.5. The van der Waals surface area contributed by atoms with Crippen molar-refractivity contribution in [3.05, 3.63) is 33.9 Å². The van der Waals surface area contributed by atoms with Crippen molar-refractivity contribution in [2.75, 3.05) is 13.7 Å². The maximum atomic E-state index is 9.55. The van der Waals surface area contributed by atoms with Gasteiger partial charge >= 0.3 is 0 Å². The van der Waals surface area contributed by atoms with Crippen LogP contribution >= 0.6 is 0 Å². The van der Waals surface area contributed by atoms with E-state index in [1.165, 1.54) is 27.8 Å². The molecule has 0 fully saturated rings. The minimum atomic E-state index is 0.219. The fourth-order valence-corrected chi connectivity index (χ4v) is 2.76. The smallest absolute Gasteiger partial charge is 0.0589 e. The molecule has 1 atom stereocenters. The summed E-state index contributed by atoms with van der Waals surface area (Å²) in [6.07, 6.45) is 0. The molecule has 2 nitrogen and oxygen atoms in total. The lowest BCUT2D eigenvalue weighted by atomic mass is 9.93. The van der Waals surface area contributed by atoms with Crippen LogP contribution in [0.4, 0.5) is 0 Å². The van der Waals surface area contributed by atoms with Crippen LogP contribution in [0.3, 0.4) is 0 Å². The lowest BCUT2D eigenvalue weighted by Gasteiger charge is -2.31. The van der Waals surface area contributed by atoms with Crippen molar-refractivity contribution in [3.63, 3.8) is 0 Å². The molecule has 2 heteroatoms. The molecule has 1 N–H and O–H groups in total. The van der Waals surface area contributed by atoms with Crippen LogP contribution in [-0.2, 0) is 6.54 Å². The lowest BCUT2D eigenvalue weighted by Crippen LogP contribution is -2.38. The molecule has 0 saturated heterocycles. The highest BCUT2D eigenvalue weighted by Gasteiger charge is 2.19. The predicted octanol–water partition coefficient (Wildman–Crippen LogP) is 3.37. The number of rotatable bonds is 5. The molecular weight excluding hydrogens is 234 g/mol. The lowest BCUT2D eigenvalue weighted by molar-refractivity contribution is 0.107.